The van der Waals surface area contributed by atoms with Gasteiger partial charge in [-0.15, -0.1) is 0 Å². The molecule has 2 bridgehead atoms. The maximum Gasteiger partial charge on any atom is 0.255 e. The van der Waals surface area contributed by atoms with Crippen LogP contribution in [0, 0.1) is 11.8 Å². The summed E-state index contributed by atoms with van der Waals surface area (Å²) in [5, 5.41) is 9.55. The predicted octanol–water partition coefficient (Wildman–Crippen LogP) is 0.968. The molecule has 3 aliphatic heterocycles. The van der Waals surface area contributed by atoms with E-state index < -0.39 is 0 Å². The van der Waals surface area contributed by atoms with E-state index in [1.54, 1.807) is 0 Å². The largest absolute Gasteiger partial charge is 0.506 e. The molecule has 1 aromatic rings. The van der Waals surface area contributed by atoms with E-state index in [4.69, 9.17) is 4.74 Å². The average Bonchev–Trinajstić information content (AvgIpc) is 3.15. The highest BCUT2D eigenvalue weighted by Gasteiger charge is 2.63. The van der Waals surface area contributed by atoms with Crippen LogP contribution in [0.2, 0.25) is 0 Å². The van der Waals surface area contributed by atoms with Gasteiger partial charge in [0.15, 0.2) is 0 Å². The van der Waals surface area contributed by atoms with Gasteiger partial charge in [-0.05, 0) is 33.0 Å². The summed E-state index contributed by atoms with van der Waals surface area (Å²) in [6, 6.07) is 1.48. The lowest BCUT2D eigenvalue weighted by Crippen LogP contribution is -2.40. The molecule has 0 unspecified atom stereocenters. The Bertz CT molecular complexity index is 635. The number of ether oxygens (including phenoxy) is 1. The number of rotatable bonds is 3. The number of hydrogen-bond donors (Lipinski definition) is 1. The zero-order chi connectivity index (χ0) is 16.2. The van der Waals surface area contributed by atoms with Crippen molar-refractivity contribution >= 4 is 5.91 Å². The molecule has 23 heavy (non-hydrogen) atoms. The van der Waals surface area contributed by atoms with Gasteiger partial charge in [-0.2, -0.15) is 0 Å². The molecule has 1 aromatic heterocycles. The van der Waals surface area contributed by atoms with Gasteiger partial charge in [0.25, 0.3) is 5.91 Å². The molecule has 4 rings (SSSR count). The lowest BCUT2D eigenvalue weighted by atomic mass is 9.73. The smallest absolute Gasteiger partial charge is 0.255 e. The first-order valence-corrected chi connectivity index (χ1v) is 8.24. The Balaban J connectivity index is 1.55. The third kappa shape index (κ3) is 2.32. The van der Waals surface area contributed by atoms with Crippen LogP contribution in [0.5, 0.6) is 5.75 Å². The van der Waals surface area contributed by atoms with Crippen molar-refractivity contribution in [2.24, 2.45) is 11.8 Å². The van der Waals surface area contributed by atoms with Crippen LogP contribution >= 0.6 is 0 Å². The maximum atomic E-state index is 12.7. The highest BCUT2D eigenvalue weighted by atomic mass is 16.5. The van der Waals surface area contributed by atoms with Crippen molar-refractivity contribution in [2.75, 3.05) is 33.7 Å². The van der Waals surface area contributed by atoms with Gasteiger partial charge in [0, 0.05) is 31.1 Å². The van der Waals surface area contributed by atoms with Crippen molar-refractivity contribution in [3.63, 3.8) is 0 Å². The van der Waals surface area contributed by atoms with Gasteiger partial charge in [0.2, 0.25) is 0 Å². The Labute approximate surface area is 136 Å². The topological polar surface area (TPSA) is 65.9 Å². The lowest BCUT2D eigenvalue weighted by Gasteiger charge is -2.30. The van der Waals surface area contributed by atoms with Crippen LogP contribution in [-0.4, -0.2) is 71.2 Å². The van der Waals surface area contributed by atoms with Crippen LogP contribution in [0.1, 0.15) is 23.2 Å². The first-order chi connectivity index (χ1) is 11.0. The number of pyridine rings is 1. The van der Waals surface area contributed by atoms with Crippen molar-refractivity contribution in [3.05, 3.63) is 24.0 Å². The van der Waals surface area contributed by atoms with E-state index in [1.807, 2.05) is 4.90 Å². The Kier molecular flexibility index (Phi) is 3.35. The molecule has 4 heterocycles. The molecule has 124 valence electrons. The van der Waals surface area contributed by atoms with Crippen molar-refractivity contribution in [2.45, 2.75) is 24.5 Å². The van der Waals surface area contributed by atoms with Gasteiger partial charge in [-0.25, -0.2) is 0 Å². The molecule has 0 saturated carbocycles. The lowest BCUT2D eigenvalue weighted by molar-refractivity contribution is 0.00256. The molecule has 6 heteroatoms. The van der Waals surface area contributed by atoms with Gasteiger partial charge in [0.1, 0.15) is 5.75 Å². The highest BCUT2D eigenvalue weighted by Crippen LogP contribution is 2.55. The molecule has 1 N–H and O–H groups in total. The van der Waals surface area contributed by atoms with Gasteiger partial charge < -0.3 is 19.6 Å². The number of carbonyl (C=O) groups excluding carboxylic acids is 1. The van der Waals surface area contributed by atoms with E-state index in [0.717, 1.165) is 25.9 Å². The van der Waals surface area contributed by atoms with E-state index in [0.29, 0.717) is 30.0 Å². The Hall–Kier alpha value is -1.66. The van der Waals surface area contributed by atoms with Crippen LogP contribution in [0.25, 0.3) is 0 Å². The Morgan fingerprint density at radius 3 is 3.09 bits per heavy atom. The average molecular weight is 317 g/mol. The second kappa shape index (κ2) is 5.18. The number of amides is 1. The minimum absolute atomic E-state index is 0.0241. The summed E-state index contributed by atoms with van der Waals surface area (Å²) in [7, 11) is 4.18. The molecule has 3 aliphatic rings. The first-order valence-electron chi connectivity index (χ1n) is 8.24. The molecular weight excluding hydrogens is 294 g/mol. The zero-order valence-corrected chi connectivity index (χ0v) is 13.6. The number of hydrogen-bond acceptors (Lipinski definition) is 5. The molecule has 3 saturated heterocycles. The van der Waals surface area contributed by atoms with E-state index in [1.165, 1.54) is 18.5 Å². The summed E-state index contributed by atoms with van der Waals surface area (Å²) in [6.07, 6.45) is 5.36. The monoisotopic (exact) mass is 317 g/mol. The van der Waals surface area contributed by atoms with E-state index in [-0.39, 0.29) is 17.3 Å². The SMILES string of the molecule is CN(C)C[C@H]1[C@@H]2CC[C@@]3(CN(C(=O)c4cncc(O)c4)C[C@@H]13)O2. The van der Waals surface area contributed by atoms with Gasteiger partial charge >= 0.3 is 0 Å². The van der Waals surface area contributed by atoms with Crippen molar-refractivity contribution < 1.29 is 14.6 Å². The molecule has 4 atom stereocenters. The summed E-state index contributed by atoms with van der Waals surface area (Å²) < 4.78 is 6.35. The normalized spacial score (nSPS) is 35.1. The Morgan fingerprint density at radius 1 is 1.52 bits per heavy atom. The van der Waals surface area contributed by atoms with Crippen LogP contribution in [0.3, 0.4) is 0 Å². The first kappa shape index (κ1) is 14.9. The maximum absolute atomic E-state index is 12.7. The number of likely N-dealkylation sites (tertiary alicyclic amines) is 1. The molecule has 1 spiro atoms. The van der Waals surface area contributed by atoms with Crippen LogP contribution in [-0.2, 0) is 4.74 Å². The van der Waals surface area contributed by atoms with Gasteiger partial charge in [-0.1, -0.05) is 0 Å². The molecule has 1 amide bonds. The summed E-state index contributed by atoms with van der Waals surface area (Å²) >= 11 is 0. The quantitative estimate of drug-likeness (QED) is 0.900. The van der Waals surface area contributed by atoms with Gasteiger partial charge in [-0.3, -0.25) is 9.78 Å². The zero-order valence-electron chi connectivity index (χ0n) is 13.6. The van der Waals surface area contributed by atoms with Crippen molar-refractivity contribution in [1.82, 2.24) is 14.8 Å². The van der Waals surface area contributed by atoms with Crippen LogP contribution in [0.15, 0.2) is 18.5 Å². The third-order valence-corrected chi connectivity index (χ3v) is 5.62. The minimum atomic E-state index is -0.148. The van der Waals surface area contributed by atoms with Gasteiger partial charge in [0.05, 0.1) is 30.0 Å². The van der Waals surface area contributed by atoms with Crippen LogP contribution in [0.4, 0.5) is 0 Å². The second-order valence-electron chi connectivity index (χ2n) is 7.41. The van der Waals surface area contributed by atoms with E-state index in [2.05, 4.69) is 24.0 Å². The molecule has 0 aromatic carbocycles. The van der Waals surface area contributed by atoms with Crippen molar-refractivity contribution in [1.29, 1.82) is 0 Å². The minimum Gasteiger partial charge on any atom is -0.506 e. The summed E-state index contributed by atoms with van der Waals surface area (Å²) in [5.41, 5.74) is 0.297. The van der Waals surface area contributed by atoms with Crippen LogP contribution < -0.4 is 0 Å². The second-order valence-corrected chi connectivity index (χ2v) is 7.41. The number of carbonyl (C=O) groups is 1. The molecule has 0 radical (unpaired) electrons. The fourth-order valence-electron chi connectivity index (χ4n) is 4.74. The number of nitrogens with zero attached hydrogens (tertiary/aromatic N) is 3. The number of aromatic hydroxyl groups is 1. The molecular formula is C17H23N3O3. The molecule has 6 nitrogen and oxygen atoms in total. The van der Waals surface area contributed by atoms with Crippen molar-refractivity contribution in [3.8, 4) is 5.75 Å². The standard InChI is InChI=1S/C17H23N3O3/c1-19(2)8-13-14-9-20(10-17(14)4-3-15(13)23-17)16(22)11-5-12(21)7-18-6-11/h5-7,13-15,21H,3-4,8-10H2,1-2H3/t13-,14+,15+,17+/m1/s1. The highest BCUT2D eigenvalue weighted by molar-refractivity contribution is 5.94. The van der Waals surface area contributed by atoms with E-state index >= 15 is 0 Å². The summed E-state index contributed by atoms with van der Waals surface area (Å²) in [6.45, 7) is 2.41. The fraction of sp³-hybridized carbons (Fsp3) is 0.647. The number of fused-ring (bicyclic) bond motifs is 1. The fourth-order valence-corrected chi connectivity index (χ4v) is 4.74. The third-order valence-electron chi connectivity index (χ3n) is 5.62. The Morgan fingerprint density at radius 2 is 2.35 bits per heavy atom. The molecule has 0 aliphatic carbocycles. The predicted molar refractivity (Wildman–Crippen MR) is 84.2 cm³/mol. The molecule has 3 fully saturated rings. The summed E-state index contributed by atoms with van der Waals surface area (Å²) in [5.74, 6) is 0.876. The van der Waals surface area contributed by atoms with E-state index in [9.17, 15) is 9.90 Å². The summed E-state index contributed by atoms with van der Waals surface area (Å²) in [4.78, 5) is 20.7. The number of aromatic nitrogens is 1.